The van der Waals surface area contributed by atoms with Gasteiger partial charge in [-0.25, -0.2) is 0 Å². The van der Waals surface area contributed by atoms with E-state index in [9.17, 15) is 0 Å². The molecule has 0 fully saturated rings. The molecule has 0 radical (unpaired) electrons. The lowest BCUT2D eigenvalue weighted by atomic mass is 10.1. The molecule has 0 atom stereocenters. The normalized spacial score (nSPS) is 11.4. The Balaban J connectivity index is 2.03. The predicted molar refractivity (Wildman–Crippen MR) is 78.2 cm³/mol. The second kappa shape index (κ2) is 5.97. The van der Waals surface area contributed by atoms with Crippen LogP contribution in [0.5, 0.6) is 0 Å². The third-order valence-electron chi connectivity index (χ3n) is 2.89. The summed E-state index contributed by atoms with van der Waals surface area (Å²) in [6, 6.07) is 12.4. The average Bonchev–Trinajstić information content (AvgIpc) is 2.40. The van der Waals surface area contributed by atoms with Gasteiger partial charge in [-0.1, -0.05) is 42.5 Å². The highest BCUT2D eigenvalue weighted by Crippen LogP contribution is 2.11. The summed E-state index contributed by atoms with van der Waals surface area (Å²) in [5.41, 5.74) is 4.85. The minimum atomic E-state index is 0.974. The minimum Gasteiger partial charge on any atom is -0.257 e. The van der Waals surface area contributed by atoms with E-state index >= 15 is 0 Å². The van der Waals surface area contributed by atoms with Gasteiger partial charge in [0.1, 0.15) is 0 Å². The van der Waals surface area contributed by atoms with Crippen molar-refractivity contribution in [3.05, 3.63) is 77.1 Å². The number of hydrogen-bond donors (Lipinski definition) is 0. The van der Waals surface area contributed by atoms with Gasteiger partial charge in [-0.3, -0.25) is 4.98 Å². The fourth-order valence-electron chi connectivity index (χ4n) is 1.66. The molecule has 0 saturated carbocycles. The summed E-state index contributed by atoms with van der Waals surface area (Å²) in [6.07, 6.45) is 9.95. The molecular weight excluding hydrogens is 218 g/mol. The highest BCUT2D eigenvalue weighted by Gasteiger charge is 1.91. The topological polar surface area (TPSA) is 12.9 Å². The Morgan fingerprint density at radius 2 is 1.72 bits per heavy atom. The molecule has 1 heteroatoms. The van der Waals surface area contributed by atoms with Crippen LogP contribution in [0.25, 0.3) is 12.2 Å². The average molecular weight is 235 g/mol. The van der Waals surface area contributed by atoms with Crippen molar-refractivity contribution in [2.75, 3.05) is 0 Å². The van der Waals surface area contributed by atoms with E-state index < -0.39 is 0 Å². The molecule has 0 aliphatic carbocycles. The number of pyridine rings is 1. The Kier molecular flexibility index (Phi) is 4.08. The lowest BCUT2D eigenvalue weighted by molar-refractivity contribution is 1.30. The smallest absolute Gasteiger partial charge is 0.0629 e. The zero-order valence-electron chi connectivity index (χ0n) is 10.8. The van der Waals surface area contributed by atoms with E-state index in [1.807, 2.05) is 36.4 Å². The largest absolute Gasteiger partial charge is 0.257 e. The summed E-state index contributed by atoms with van der Waals surface area (Å²) in [7, 11) is 0. The molecule has 1 nitrogen and oxygen atoms in total. The summed E-state index contributed by atoms with van der Waals surface area (Å²) >= 11 is 0. The molecule has 0 bridgehead atoms. The zero-order valence-corrected chi connectivity index (χ0v) is 10.8. The Labute approximate surface area is 109 Å². The van der Waals surface area contributed by atoms with E-state index in [0.29, 0.717) is 0 Å². The van der Waals surface area contributed by atoms with Crippen LogP contribution in [0.3, 0.4) is 0 Å². The van der Waals surface area contributed by atoms with Crippen molar-refractivity contribution in [1.29, 1.82) is 0 Å². The van der Waals surface area contributed by atoms with E-state index in [4.69, 9.17) is 0 Å². The molecule has 0 aliphatic rings. The van der Waals surface area contributed by atoms with Gasteiger partial charge < -0.3 is 0 Å². The summed E-state index contributed by atoms with van der Waals surface area (Å²) in [5, 5.41) is 0. The Morgan fingerprint density at radius 3 is 2.44 bits per heavy atom. The number of benzene rings is 1. The first-order valence-corrected chi connectivity index (χ1v) is 6.09. The molecule has 2 aromatic rings. The fourth-order valence-corrected chi connectivity index (χ4v) is 1.66. The lowest BCUT2D eigenvalue weighted by Crippen LogP contribution is -1.80. The van der Waals surface area contributed by atoms with Gasteiger partial charge in [-0.15, -0.1) is 0 Å². The van der Waals surface area contributed by atoms with Crippen molar-refractivity contribution in [3.8, 4) is 0 Å². The molecular formula is C17H17N. The summed E-state index contributed by atoms with van der Waals surface area (Å²) in [6.45, 7) is 4.26. The molecule has 1 aromatic carbocycles. The monoisotopic (exact) mass is 235 g/mol. The van der Waals surface area contributed by atoms with Crippen LogP contribution in [0.1, 0.15) is 22.4 Å². The highest BCUT2D eigenvalue weighted by atomic mass is 14.6. The van der Waals surface area contributed by atoms with Gasteiger partial charge in [-0.2, -0.15) is 0 Å². The minimum absolute atomic E-state index is 0.974. The maximum atomic E-state index is 4.23. The third kappa shape index (κ3) is 3.42. The molecule has 1 aromatic heterocycles. The van der Waals surface area contributed by atoms with Crippen molar-refractivity contribution in [2.45, 2.75) is 13.8 Å². The fraction of sp³-hybridized carbons (Fsp3) is 0.118. The van der Waals surface area contributed by atoms with Gasteiger partial charge >= 0.3 is 0 Å². The maximum Gasteiger partial charge on any atom is 0.0629 e. The van der Waals surface area contributed by atoms with E-state index in [2.05, 4.69) is 43.1 Å². The molecule has 1 heterocycles. The summed E-state index contributed by atoms with van der Waals surface area (Å²) < 4.78 is 0. The zero-order chi connectivity index (χ0) is 12.8. The van der Waals surface area contributed by atoms with E-state index in [0.717, 1.165) is 5.69 Å². The van der Waals surface area contributed by atoms with Gasteiger partial charge in [0.15, 0.2) is 0 Å². The highest BCUT2D eigenvalue weighted by molar-refractivity contribution is 5.56. The molecule has 0 unspecified atom stereocenters. The second-order valence-corrected chi connectivity index (χ2v) is 4.32. The van der Waals surface area contributed by atoms with Crippen molar-refractivity contribution < 1.29 is 0 Å². The predicted octanol–water partition coefficient (Wildman–Crippen LogP) is 4.43. The van der Waals surface area contributed by atoms with E-state index in [1.165, 1.54) is 16.7 Å². The van der Waals surface area contributed by atoms with Crippen LogP contribution in [0.4, 0.5) is 0 Å². The van der Waals surface area contributed by atoms with Crippen LogP contribution in [0.2, 0.25) is 0 Å². The Bertz CT molecular complexity index is 565. The van der Waals surface area contributed by atoms with Crippen molar-refractivity contribution in [2.24, 2.45) is 0 Å². The van der Waals surface area contributed by atoms with Crippen molar-refractivity contribution in [1.82, 2.24) is 4.98 Å². The number of aryl methyl sites for hydroxylation is 2. The maximum absolute atomic E-state index is 4.23. The quantitative estimate of drug-likeness (QED) is 0.717. The molecule has 0 saturated heterocycles. The van der Waals surface area contributed by atoms with Crippen LogP contribution in [0.15, 0.2) is 54.7 Å². The molecule has 0 N–H and O–H groups in total. The van der Waals surface area contributed by atoms with Crippen LogP contribution >= 0.6 is 0 Å². The number of nitrogens with zero attached hydrogens (tertiary/aromatic N) is 1. The van der Waals surface area contributed by atoms with E-state index in [-0.39, 0.29) is 0 Å². The first-order chi connectivity index (χ1) is 8.75. The molecule has 0 spiro atoms. The van der Waals surface area contributed by atoms with Crippen LogP contribution < -0.4 is 0 Å². The molecule has 0 amide bonds. The number of aromatic nitrogens is 1. The van der Waals surface area contributed by atoms with Gasteiger partial charge in [0.25, 0.3) is 0 Å². The van der Waals surface area contributed by atoms with E-state index in [1.54, 1.807) is 6.20 Å². The Morgan fingerprint density at radius 1 is 0.889 bits per heavy atom. The summed E-state index contributed by atoms with van der Waals surface area (Å²) in [5.74, 6) is 0. The van der Waals surface area contributed by atoms with Crippen molar-refractivity contribution >= 4 is 12.2 Å². The lowest BCUT2D eigenvalue weighted by Gasteiger charge is -2.00. The molecule has 0 aliphatic heterocycles. The van der Waals surface area contributed by atoms with Crippen LogP contribution in [-0.4, -0.2) is 4.98 Å². The van der Waals surface area contributed by atoms with Crippen LogP contribution in [0, 0.1) is 13.8 Å². The van der Waals surface area contributed by atoms with Crippen LogP contribution in [-0.2, 0) is 0 Å². The second-order valence-electron chi connectivity index (χ2n) is 4.32. The first-order valence-electron chi connectivity index (χ1n) is 6.09. The number of hydrogen-bond acceptors (Lipinski definition) is 1. The molecule has 18 heavy (non-hydrogen) atoms. The summed E-state index contributed by atoms with van der Waals surface area (Å²) in [4.78, 5) is 4.23. The Hall–Kier alpha value is -2.15. The van der Waals surface area contributed by atoms with Crippen molar-refractivity contribution in [3.63, 3.8) is 0 Å². The standard InChI is InChI=1S/C17H17N/c1-14-10-11-16(13-15(14)2)7-3-4-8-17-9-5-6-12-18-17/h3-13H,1-2H3/b7-3+,8-4+. The molecule has 2 rings (SSSR count). The van der Waals surface area contributed by atoms with Gasteiger partial charge in [0, 0.05) is 6.20 Å². The SMILES string of the molecule is Cc1ccc(/C=C/C=C/c2ccccn2)cc1C. The van der Waals surface area contributed by atoms with Gasteiger partial charge in [0.05, 0.1) is 5.69 Å². The van der Waals surface area contributed by atoms with Gasteiger partial charge in [0.2, 0.25) is 0 Å². The first kappa shape index (κ1) is 12.3. The number of allylic oxidation sites excluding steroid dienone is 2. The molecule has 90 valence electrons. The third-order valence-corrected chi connectivity index (χ3v) is 2.89. The number of rotatable bonds is 3. The van der Waals surface area contributed by atoms with Gasteiger partial charge in [-0.05, 0) is 48.7 Å².